The predicted molar refractivity (Wildman–Crippen MR) is 105 cm³/mol. The minimum atomic E-state index is -1.24. The Morgan fingerprint density at radius 2 is 1.64 bits per heavy atom. The molecule has 7 nitrogen and oxygen atoms in total. The first-order valence-electron chi connectivity index (χ1n) is 8.74. The molecule has 148 valence electrons. The van der Waals surface area contributed by atoms with Crippen LogP contribution in [0.1, 0.15) is 51.8 Å². The number of aliphatic hydroxyl groups is 1. The quantitative estimate of drug-likeness (QED) is 0.607. The highest BCUT2D eigenvalue weighted by atomic mass is 16.4. The summed E-state index contributed by atoms with van der Waals surface area (Å²) in [5.41, 5.74) is 5.88. The highest BCUT2D eigenvalue weighted by molar-refractivity contribution is 6.05. The molecule has 0 heterocycles. The van der Waals surface area contributed by atoms with Gasteiger partial charge in [0.25, 0.3) is 5.91 Å². The maximum atomic E-state index is 12.6. The van der Waals surface area contributed by atoms with Gasteiger partial charge < -0.3 is 21.3 Å². The molecule has 0 unspecified atom stereocenters. The normalized spacial score (nSPS) is 12.3. The summed E-state index contributed by atoms with van der Waals surface area (Å²) in [7, 11) is 0. The van der Waals surface area contributed by atoms with Crippen molar-refractivity contribution >= 4 is 17.8 Å². The predicted octanol–water partition coefficient (Wildman–Crippen LogP) is 2.29. The van der Waals surface area contributed by atoms with Gasteiger partial charge in [-0.1, -0.05) is 45.0 Å². The minimum Gasteiger partial charge on any atom is -0.478 e. The van der Waals surface area contributed by atoms with E-state index in [9.17, 15) is 24.6 Å². The molecule has 1 atom stereocenters. The topological polar surface area (TPSA) is 130 Å². The Hall–Kier alpha value is -3.19. The van der Waals surface area contributed by atoms with Crippen molar-refractivity contribution in [3.63, 3.8) is 0 Å². The van der Waals surface area contributed by atoms with Gasteiger partial charge in [-0.3, -0.25) is 9.59 Å². The van der Waals surface area contributed by atoms with Crippen LogP contribution in [0.15, 0.2) is 42.5 Å². The van der Waals surface area contributed by atoms with Gasteiger partial charge in [-0.05, 0) is 34.7 Å². The maximum absolute atomic E-state index is 12.6. The fourth-order valence-electron chi connectivity index (χ4n) is 2.81. The summed E-state index contributed by atoms with van der Waals surface area (Å²) in [5, 5.41) is 21.9. The number of carbonyl (C=O) groups excluding carboxylic acids is 2. The first kappa shape index (κ1) is 21.1. The number of primary amides is 1. The third kappa shape index (κ3) is 4.55. The Bertz CT molecular complexity index is 915. The van der Waals surface area contributed by atoms with Crippen LogP contribution in [0.3, 0.4) is 0 Å². The number of carboxylic acid groups (broad SMARTS) is 1. The summed E-state index contributed by atoms with van der Waals surface area (Å²) in [5.74, 6) is -2.41. The van der Waals surface area contributed by atoms with E-state index in [-0.39, 0.29) is 34.3 Å². The van der Waals surface area contributed by atoms with Gasteiger partial charge in [0, 0.05) is 11.1 Å². The first-order valence-corrected chi connectivity index (χ1v) is 8.74. The molecule has 2 aromatic carbocycles. The van der Waals surface area contributed by atoms with Crippen LogP contribution in [-0.4, -0.2) is 40.6 Å². The van der Waals surface area contributed by atoms with Crippen molar-refractivity contribution in [2.45, 2.75) is 26.8 Å². The molecule has 0 aliphatic carbocycles. The zero-order valence-corrected chi connectivity index (χ0v) is 16.0. The van der Waals surface area contributed by atoms with Crippen LogP contribution >= 0.6 is 0 Å². The van der Waals surface area contributed by atoms with E-state index in [1.54, 1.807) is 18.2 Å². The molecule has 5 N–H and O–H groups in total. The number of rotatable bonds is 6. The lowest BCUT2D eigenvalue weighted by molar-refractivity contribution is 0.0697. The molecule has 0 saturated heterocycles. The van der Waals surface area contributed by atoms with Crippen molar-refractivity contribution < 1.29 is 24.6 Å². The number of aromatic carboxylic acids is 1. The summed E-state index contributed by atoms with van der Waals surface area (Å²) in [6.07, 6.45) is 0. The summed E-state index contributed by atoms with van der Waals surface area (Å²) in [6, 6.07) is 10.1. The number of hydrogen-bond acceptors (Lipinski definition) is 4. The number of amides is 2. The average molecular weight is 384 g/mol. The molecule has 2 amide bonds. The Balaban J connectivity index is 2.49. The molecule has 0 saturated carbocycles. The van der Waals surface area contributed by atoms with Crippen molar-refractivity contribution in [3.8, 4) is 11.1 Å². The number of carboxylic acids is 1. The van der Waals surface area contributed by atoms with Crippen LogP contribution in [0.25, 0.3) is 11.1 Å². The molecule has 0 spiro atoms. The van der Waals surface area contributed by atoms with Crippen LogP contribution in [0.2, 0.25) is 0 Å². The van der Waals surface area contributed by atoms with E-state index in [2.05, 4.69) is 5.32 Å². The number of aliphatic hydroxyl groups excluding tert-OH is 1. The van der Waals surface area contributed by atoms with Crippen molar-refractivity contribution in [2.24, 2.45) is 11.1 Å². The summed E-state index contributed by atoms with van der Waals surface area (Å²) >= 11 is 0. The largest absolute Gasteiger partial charge is 0.478 e. The van der Waals surface area contributed by atoms with E-state index in [1.165, 1.54) is 24.3 Å². The molecule has 28 heavy (non-hydrogen) atoms. The van der Waals surface area contributed by atoms with Gasteiger partial charge in [0.15, 0.2) is 0 Å². The van der Waals surface area contributed by atoms with Crippen molar-refractivity contribution in [1.29, 1.82) is 0 Å². The number of hydrogen-bond donors (Lipinski definition) is 4. The fourth-order valence-corrected chi connectivity index (χ4v) is 2.81. The zero-order chi connectivity index (χ0) is 21.1. The van der Waals surface area contributed by atoms with E-state index in [1.807, 2.05) is 20.8 Å². The summed E-state index contributed by atoms with van der Waals surface area (Å²) in [4.78, 5) is 36.1. The number of nitrogens with two attached hydrogens (primary N) is 1. The van der Waals surface area contributed by atoms with Gasteiger partial charge in [0.05, 0.1) is 18.2 Å². The summed E-state index contributed by atoms with van der Waals surface area (Å²) < 4.78 is 0. The zero-order valence-electron chi connectivity index (χ0n) is 16.0. The standard InChI is InChI=1S/C21H24N2O5/c1-21(2,3)17(11-24)23-19(26)12-8-9-14(16(10-12)20(27)28)13-6-4-5-7-15(13)18(22)25/h4-10,17,24H,11H2,1-3H3,(H2,22,25)(H,23,26)(H,27,28)/t17-/m1/s1. The van der Waals surface area contributed by atoms with E-state index in [0.29, 0.717) is 5.56 Å². The van der Waals surface area contributed by atoms with Gasteiger partial charge in [0.1, 0.15) is 0 Å². The van der Waals surface area contributed by atoms with Crippen molar-refractivity contribution in [1.82, 2.24) is 5.32 Å². The Morgan fingerprint density at radius 1 is 1.04 bits per heavy atom. The molecule has 0 aliphatic heterocycles. The molecule has 2 aromatic rings. The van der Waals surface area contributed by atoms with Gasteiger partial charge >= 0.3 is 5.97 Å². The number of carbonyl (C=O) groups is 3. The SMILES string of the molecule is CC(C)(C)[C@@H](CO)NC(=O)c1ccc(-c2ccccc2C(N)=O)c(C(=O)O)c1. The Morgan fingerprint density at radius 3 is 2.18 bits per heavy atom. The molecule has 0 aromatic heterocycles. The van der Waals surface area contributed by atoms with Gasteiger partial charge in [0.2, 0.25) is 5.91 Å². The maximum Gasteiger partial charge on any atom is 0.336 e. The fraction of sp³-hybridized carbons (Fsp3) is 0.286. The van der Waals surface area contributed by atoms with Gasteiger partial charge in [-0.25, -0.2) is 4.79 Å². The Kier molecular flexibility index (Phi) is 6.20. The molecule has 0 bridgehead atoms. The van der Waals surface area contributed by atoms with Crippen LogP contribution in [0.5, 0.6) is 0 Å². The highest BCUT2D eigenvalue weighted by Crippen LogP contribution is 2.28. The third-order valence-corrected chi connectivity index (χ3v) is 4.53. The second-order valence-electron chi connectivity index (χ2n) is 7.55. The van der Waals surface area contributed by atoms with Crippen LogP contribution in [0, 0.1) is 5.41 Å². The molecule has 0 aliphatic rings. The highest BCUT2D eigenvalue weighted by Gasteiger charge is 2.26. The van der Waals surface area contributed by atoms with Crippen LogP contribution in [0.4, 0.5) is 0 Å². The molecule has 2 rings (SSSR count). The lowest BCUT2D eigenvalue weighted by Gasteiger charge is -2.29. The van der Waals surface area contributed by atoms with Crippen molar-refractivity contribution in [2.75, 3.05) is 6.61 Å². The summed E-state index contributed by atoms with van der Waals surface area (Å²) in [6.45, 7) is 5.38. The average Bonchev–Trinajstić information content (AvgIpc) is 2.64. The first-order chi connectivity index (χ1) is 13.1. The van der Waals surface area contributed by atoms with E-state index < -0.39 is 23.8 Å². The van der Waals surface area contributed by atoms with E-state index >= 15 is 0 Å². The molecule has 0 radical (unpaired) electrons. The number of benzene rings is 2. The van der Waals surface area contributed by atoms with E-state index in [0.717, 1.165) is 0 Å². The number of nitrogens with one attached hydrogen (secondary N) is 1. The van der Waals surface area contributed by atoms with Gasteiger partial charge in [-0.15, -0.1) is 0 Å². The van der Waals surface area contributed by atoms with E-state index in [4.69, 9.17) is 5.73 Å². The second kappa shape index (κ2) is 8.22. The van der Waals surface area contributed by atoms with Gasteiger partial charge in [-0.2, -0.15) is 0 Å². The third-order valence-electron chi connectivity index (χ3n) is 4.53. The Labute approximate surface area is 163 Å². The smallest absolute Gasteiger partial charge is 0.336 e. The van der Waals surface area contributed by atoms with Crippen molar-refractivity contribution in [3.05, 3.63) is 59.2 Å². The molecule has 0 fully saturated rings. The monoisotopic (exact) mass is 384 g/mol. The minimum absolute atomic E-state index is 0.127. The molecule has 7 heteroatoms. The lowest BCUT2D eigenvalue weighted by atomic mass is 9.87. The molecular formula is C21H24N2O5. The van der Waals surface area contributed by atoms with Crippen LogP contribution < -0.4 is 11.1 Å². The second-order valence-corrected chi connectivity index (χ2v) is 7.55. The lowest BCUT2D eigenvalue weighted by Crippen LogP contribution is -2.46. The van der Waals surface area contributed by atoms with Crippen LogP contribution in [-0.2, 0) is 0 Å². The molecular weight excluding hydrogens is 360 g/mol.